The molecule has 0 aliphatic rings. The molecule has 0 saturated carbocycles. The lowest BCUT2D eigenvalue weighted by atomic mass is 9.95. The summed E-state index contributed by atoms with van der Waals surface area (Å²) in [6.07, 6.45) is -1.13. The van der Waals surface area contributed by atoms with Crippen LogP contribution in [0.1, 0.15) is 20.8 Å². The molecule has 0 aliphatic heterocycles. The van der Waals surface area contributed by atoms with E-state index >= 15 is 0 Å². The zero-order valence-electron chi connectivity index (χ0n) is 19.4. The second-order valence-corrected chi connectivity index (χ2v) is 8.42. The molecule has 1 aromatic carbocycles. The van der Waals surface area contributed by atoms with Gasteiger partial charge in [-0.15, -0.1) is 0 Å². The van der Waals surface area contributed by atoms with Crippen molar-refractivity contribution in [3.8, 4) is 22.5 Å². The van der Waals surface area contributed by atoms with Crippen LogP contribution in [-0.2, 0) is 4.79 Å². The Morgan fingerprint density at radius 2 is 1.71 bits per heavy atom. The summed E-state index contributed by atoms with van der Waals surface area (Å²) in [5, 5.41) is 2.55. The van der Waals surface area contributed by atoms with Gasteiger partial charge >= 0.3 is 0 Å². The van der Waals surface area contributed by atoms with Crippen molar-refractivity contribution >= 4 is 22.8 Å². The van der Waals surface area contributed by atoms with E-state index in [0.29, 0.717) is 28.0 Å². The summed E-state index contributed by atoms with van der Waals surface area (Å²) in [6.45, 7) is 0. The van der Waals surface area contributed by atoms with Gasteiger partial charge in [0.1, 0.15) is 23.0 Å². The maximum Gasteiger partial charge on any atom is 0.239 e. The number of carbonyl (C=O) groups excluding carboxylic acids is 1. The molecule has 0 radical (unpaired) electrons. The van der Waals surface area contributed by atoms with E-state index in [1.807, 2.05) is 0 Å². The first-order chi connectivity index (χ1) is 18.3. The van der Waals surface area contributed by atoms with Gasteiger partial charge in [-0.25, -0.2) is 27.5 Å². The zero-order chi connectivity index (χ0) is 26.8. The molecule has 196 valence electrons. The number of nitrogens with zero attached hydrogens (tertiary/aromatic N) is 3. The van der Waals surface area contributed by atoms with Gasteiger partial charge in [0.15, 0.2) is 0 Å². The number of hydrogen-bond acceptors (Lipinski definition) is 4. The number of alkyl halides is 2. The third-order valence-electron chi connectivity index (χ3n) is 5.89. The highest BCUT2D eigenvalue weighted by atomic mass is 19.3. The number of fused-ring (bicyclic) bond motifs is 1. The van der Waals surface area contributed by atoms with Crippen LogP contribution in [0.3, 0.4) is 0 Å². The number of benzene rings is 1. The lowest BCUT2D eigenvalue weighted by Crippen LogP contribution is -2.23. The molecule has 1 atom stereocenters. The van der Waals surface area contributed by atoms with Crippen molar-refractivity contribution in [2.24, 2.45) is 0 Å². The summed E-state index contributed by atoms with van der Waals surface area (Å²) < 4.78 is 67.4. The van der Waals surface area contributed by atoms with E-state index in [2.05, 4.69) is 25.3 Å². The van der Waals surface area contributed by atoms with Crippen molar-refractivity contribution < 1.29 is 29.6 Å². The number of hydrogen-bond donors (Lipinski definition) is 2. The molecule has 11 heteroatoms. The molecule has 5 aromatic rings. The SMILES string of the molecule is O=C(Nc1cc(-c2[nH]c3ccc(F)nc3c2-c2ccc(F)cn2)ccn1)C(CC(F)F)c1ccc(F)cc1.[HH].[HH]. The summed E-state index contributed by atoms with van der Waals surface area (Å²) >= 11 is 0. The average Bonchev–Trinajstić information content (AvgIpc) is 3.27. The fraction of sp³-hybridized carbons (Fsp3) is 0.111. The van der Waals surface area contributed by atoms with E-state index in [4.69, 9.17) is 0 Å². The first-order valence-corrected chi connectivity index (χ1v) is 11.4. The van der Waals surface area contributed by atoms with Crippen LogP contribution in [0.2, 0.25) is 0 Å². The molecule has 0 saturated heterocycles. The molecule has 5 rings (SSSR count). The minimum Gasteiger partial charge on any atom is -0.353 e. The molecule has 1 amide bonds. The van der Waals surface area contributed by atoms with Gasteiger partial charge < -0.3 is 10.3 Å². The number of carbonyl (C=O) groups is 1. The summed E-state index contributed by atoms with van der Waals surface area (Å²) in [7, 11) is 0. The Bertz CT molecular complexity index is 1610. The number of aromatic amines is 1. The molecular weight excluding hydrogens is 505 g/mol. The standard InChI is InChI=1S/C27H18F5N5O.2H2/c28-16-3-1-14(2-4-16)18(12-21(30)31)27(38)37-23-11-15(9-10-33-23)25-24(19-6-5-17(29)13-34-19)26-20(35-25)7-8-22(32)36-26;;/h1-11,13,18,21,35H,12H2,(H,33,37,38);2*1H. The Labute approximate surface area is 215 Å². The fourth-order valence-electron chi connectivity index (χ4n) is 4.17. The van der Waals surface area contributed by atoms with Gasteiger partial charge in [-0.05, 0) is 54.1 Å². The van der Waals surface area contributed by atoms with Crippen LogP contribution in [0.4, 0.5) is 27.8 Å². The quantitative estimate of drug-likeness (QED) is 0.177. The van der Waals surface area contributed by atoms with Crippen LogP contribution in [0.25, 0.3) is 33.5 Å². The zero-order valence-corrected chi connectivity index (χ0v) is 19.4. The van der Waals surface area contributed by atoms with E-state index in [1.165, 1.54) is 48.7 Å². The molecule has 0 spiro atoms. The largest absolute Gasteiger partial charge is 0.353 e. The van der Waals surface area contributed by atoms with Gasteiger partial charge in [0.2, 0.25) is 18.3 Å². The molecule has 0 bridgehead atoms. The lowest BCUT2D eigenvalue weighted by molar-refractivity contribution is -0.118. The number of anilines is 1. The maximum atomic E-state index is 14.0. The van der Waals surface area contributed by atoms with Crippen LogP contribution in [0, 0.1) is 17.6 Å². The molecule has 2 N–H and O–H groups in total. The van der Waals surface area contributed by atoms with Gasteiger partial charge in [-0.1, -0.05) is 12.1 Å². The number of pyridine rings is 3. The Morgan fingerprint density at radius 1 is 0.947 bits per heavy atom. The average molecular weight is 527 g/mol. The molecule has 0 aliphatic carbocycles. The van der Waals surface area contributed by atoms with E-state index in [1.54, 1.807) is 6.07 Å². The van der Waals surface area contributed by atoms with Crippen LogP contribution in [0.15, 0.2) is 73.1 Å². The van der Waals surface area contributed by atoms with Gasteiger partial charge in [-0.2, -0.15) is 4.39 Å². The fourth-order valence-corrected chi connectivity index (χ4v) is 4.17. The van der Waals surface area contributed by atoms with Crippen molar-refractivity contribution in [3.05, 3.63) is 96.2 Å². The first-order valence-electron chi connectivity index (χ1n) is 11.4. The maximum absolute atomic E-state index is 14.0. The number of H-pyrrole nitrogens is 1. The third-order valence-corrected chi connectivity index (χ3v) is 5.89. The van der Waals surface area contributed by atoms with Crippen LogP contribution in [0.5, 0.6) is 0 Å². The lowest BCUT2D eigenvalue weighted by Gasteiger charge is -2.17. The van der Waals surface area contributed by atoms with E-state index in [-0.39, 0.29) is 19.8 Å². The highest BCUT2D eigenvalue weighted by molar-refractivity contribution is 6.01. The Balaban J connectivity index is 0.00000220. The first kappa shape index (κ1) is 25.0. The van der Waals surface area contributed by atoms with Gasteiger partial charge in [0, 0.05) is 21.0 Å². The van der Waals surface area contributed by atoms with Crippen molar-refractivity contribution in [2.75, 3.05) is 5.32 Å². The Kier molecular flexibility index (Phi) is 6.82. The number of halogens is 5. The Hall–Kier alpha value is -4.67. The van der Waals surface area contributed by atoms with E-state index < -0.39 is 42.3 Å². The van der Waals surface area contributed by atoms with E-state index in [0.717, 1.165) is 18.3 Å². The van der Waals surface area contributed by atoms with Gasteiger partial charge in [-0.3, -0.25) is 9.78 Å². The number of aromatic nitrogens is 4. The van der Waals surface area contributed by atoms with Crippen molar-refractivity contribution in [2.45, 2.75) is 18.8 Å². The van der Waals surface area contributed by atoms with Crippen LogP contribution >= 0.6 is 0 Å². The number of nitrogens with one attached hydrogen (secondary N) is 2. The summed E-state index contributed by atoms with van der Waals surface area (Å²) in [6, 6.07) is 13.2. The number of amides is 1. The summed E-state index contributed by atoms with van der Waals surface area (Å²) in [4.78, 5) is 28.3. The topological polar surface area (TPSA) is 83.6 Å². The number of rotatable bonds is 7. The normalized spacial score (nSPS) is 12.2. The van der Waals surface area contributed by atoms with Gasteiger partial charge in [0.25, 0.3) is 0 Å². The van der Waals surface area contributed by atoms with Crippen molar-refractivity contribution in [3.63, 3.8) is 0 Å². The minimum atomic E-state index is -2.78. The summed E-state index contributed by atoms with van der Waals surface area (Å²) in [5.41, 5.74) is 2.62. The van der Waals surface area contributed by atoms with Crippen LogP contribution in [-0.4, -0.2) is 32.3 Å². The predicted molar refractivity (Wildman–Crippen MR) is 135 cm³/mol. The molecule has 0 fully saturated rings. The van der Waals surface area contributed by atoms with Crippen LogP contribution < -0.4 is 5.32 Å². The molecule has 6 nitrogen and oxygen atoms in total. The third kappa shape index (κ3) is 5.22. The second-order valence-electron chi connectivity index (χ2n) is 8.42. The predicted octanol–water partition coefficient (Wildman–Crippen LogP) is 6.97. The van der Waals surface area contributed by atoms with Crippen molar-refractivity contribution in [1.82, 2.24) is 19.9 Å². The minimum absolute atomic E-state index is 0. The Morgan fingerprint density at radius 3 is 2.42 bits per heavy atom. The molecule has 4 aromatic heterocycles. The smallest absolute Gasteiger partial charge is 0.239 e. The summed E-state index contributed by atoms with van der Waals surface area (Å²) in [5.74, 6) is -3.77. The molecular formula is C27H22F5N5O. The molecule has 1 unspecified atom stereocenters. The van der Waals surface area contributed by atoms with Gasteiger partial charge in [0.05, 0.1) is 34.6 Å². The molecule has 38 heavy (non-hydrogen) atoms. The highest BCUT2D eigenvalue weighted by Gasteiger charge is 2.26. The van der Waals surface area contributed by atoms with Crippen molar-refractivity contribution in [1.29, 1.82) is 0 Å². The van der Waals surface area contributed by atoms with E-state index in [9.17, 15) is 26.7 Å². The monoisotopic (exact) mass is 527 g/mol. The molecule has 4 heterocycles. The highest BCUT2D eigenvalue weighted by Crippen LogP contribution is 2.37. The second kappa shape index (κ2) is 10.4.